The number of nitrogens with one attached hydrogen (secondary N) is 2. The fourth-order valence-corrected chi connectivity index (χ4v) is 4.39. The number of benzene rings is 1. The number of aliphatic imine (C=N–C) groups is 1. The second-order valence-corrected chi connectivity index (χ2v) is 9.37. The van der Waals surface area contributed by atoms with Crippen molar-refractivity contribution in [1.82, 2.24) is 15.7 Å². The van der Waals surface area contributed by atoms with Gasteiger partial charge in [-0.05, 0) is 44.2 Å². The molecule has 9 heteroatoms. The predicted octanol–water partition coefficient (Wildman–Crippen LogP) is 3.56. The van der Waals surface area contributed by atoms with Gasteiger partial charge < -0.3 is 15.0 Å². The van der Waals surface area contributed by atoms with E-state index in [1.165, 1.54) is 11.3 Å². The van der Waals surface area contributed by atoms with E-state index < -0.39 is 0 Å². The van der Waals surface area contributed by atoms with Gasteiger partial charge in [-0.1, -0.05) is 17.7 Å². The number of hydrogen-bond donors (Lipinski definition) is 2. The van der Waals surface area contributed by atoms with Gasteiger partial charge in [0.25, 0.3) is 5.91 Å². The highest BCUT2D eigenvalue weighted by atomic mass is 35.5. The summed E-state index contributed by atoms with van der Waals surface area (Å²) >= 11 is 7.15. The SMILES string of the molecule is CC(C)Oc1cc(C2=NCCN2C)ccc1C1=CC(CNC(=O)c2ccc(Cl)s2)ON1. The molecule has 31 heavy (non-hydrogen) atoms. The number of carbonyl (C=O) groups excluding carboxylic acids is 1. The minimum Gasteiger partial charge on any atom is -0.490 e. The number of amides is 1. The lowest BCUT2D eigenvalue weighted by Gasteiger charge is -2.18. The fraction of sp³-hybridized carbons (Fsp3) is 0.364. The Morgan fingerprint density at radius 1 is 1.42 bits per heavy atom. The quantitative estimate of drug-likeness (QED) is 0.660. The minimum absolute atomic E-state index is 0.0212. The lowest BCUT2D eigenvalue weighted by molar-refractivity contribution is 0.0498. The highest BCUT2D eigenvalue weighted by Gasteiger charge is 2.23. The van der Waals surface area contributed by atoms with E-state index in [-0.39, 0.29) is 18.1 Å². The number of rotatable bonds is 7. The smallest absolute Gasteiger partial charge is 0.261 e. The Kier molecular flexibility index (Phi) is 6.50. The van der Waals surface area contributed by atoms with Crippen molar-refractivity contribution < 1.29 is 14.4 Å². The molecule has 4 rings (SSSR count). The molecule has 1 amide bonds. The summed E-state index contributed by atoms with van der Waals surface area (Å²) in [7, 11) is 2.04. The van der Waals surface area contributed by atoms with E-state index in [0.717, 1.165) is 41.5 Å². The third-order valence-electron chi connectivity index (χ3n) is 4.88. The van der Waals surface area contributed by atoms with Gasteiger partial charge >= 0.3 is 0 Å². The van der Waals surface area contributed by atoms with E-state index in [4.69, 9.17) is 21.2 Å². The summed E-state index contributed by atoms with van der Waals surface area (Å²) in [5, 5.41) is 2.87. The molecule has 0 spiro atoms. The highest BCUT2D eigenvalue weighted by molar-refractivity contribution is 7.18. The molecular weight excluding hydrogens is 436 g/mol. The Labute approximate surface area is 190 Å². The maximum absolute atomic E-state index is 12.2. The minimum atomic E-state index is -0.300. The molecule has 2 N–H and O–H groups in total. The fourth-order valence-electron chi connectivity index (χ4n) is 3.43. The van der Waals surface area contributed by atoms with Crippen LogP contribution in [-0.4, -0.2) is 55.5 Å². The van der Waals surface area contributed by atoms with E-state index in [1.54, 1.807) is 12.1 Å². The Morgan fingerprint density at radius 2 is 2.26 bits per heavy atom. The summed E-state index contributed by atoms with van der Waals surface area (Å²) in [5.74, 6) is 1.56. The van der Waals surface area contributed by atoms with Gasteiger partial charge in [0.2, 0.25) is 0 Å². The summed E-state index contributed by atoms with van der Waals surface area (Å²) in [5.41, 5.74) is 5.71. The number of hydrogen-bond acceptors (Lipinski definition) is 7. The van der Waals surface area contributed by atoms with Crippen molar-refractivity contribution in [3.63, 3.8) is 0 Å². The normalized spacial score (nSPS) is 18.1. The van der Waals surface area contributed by atoms with Crippen LogP contribution in [0, 0.1) is 0 Å². The number of amidine groups is 1. The molecule has 0 bridgehead atoms. The number of halogens is 1. The van der Waals surface area contributed by atoms with Gasteiger partial charge in [-0.3, -0.25) is 20.1 Å². The van der Waals surface area contributed by atoms with E-state index in [2.05, 4.69) is 20.7 Å². The standard InChI is InChI=1S/C22H25ClN4O3S/c1-13(2)29-18-10-14(21-24-8-9-27(21)3)4-5-16(18)17-11-15(30-26-17)12-25-22(28)19-6-7-20(23)31-19/h4-7,10-11,13,15,26H,8-9,12H2,1-3H3,(H,25,28). The zero-order valence-corrected chi connectivity index (χ0v) is 19.2. The second kappa shape index (κ2) is 9.30. The van der Waals surface area contributed by atoms with Crippen LogP contribution in [0.1, 0.15) is 34.6 Å². The average molecular weight is 461 g/mol. The van der Waals surface area contributed by atoms with E-state index in [1.807, 2.05) is 45.2 Å². The Hall–Kier alpha value is -2.55. The van der Waals surface area contributed by atoms with E-state index >= 15 is 0 Å². The van der Waals surface area contributed by atoms with Crippen molar-refractivity contribution in [2.75, 3.05) is 26.7 Å². The van der Waals surface area contributed by atoms with Crippen LogP contribution in [0.15, 0.2) is 41.4 Å². The van der Waals surface area contributed by atoms with Crippen molar-refractivity contribution >= 4 is 40.4 Å². The molecule has 0 radical (unpaired) electrons. The molecular formula is C22H25ClN4O3S. The van der Waals surface area contributed by atoms with Crippen molar-refractivity contribution in [1.29, 1.82) is 0 Å². The summed E-state index contributed by atoms with van der Waals surface area (Å²) < 4.78 is 6.68. The third-order valence-corrected chi connectivity index (χ3v) is 6.11. The first-order chi connectivity index (χ1) is 14.9. The van der Waals surface area contributed by atoms with Crippen LogP contribution in [0.3, 0.4) is 0 Å². The van der Waals surface area contributed by atoms with Crippen LogP contribution in [0.5, 0.6) is 5.75 Å². The van der Waals surface area contributed by atoms with Crippen molar-refractivity contribution in [2.45, 2.75) is 26.1 Å². The maximum Gasteiger partial charge on any atom is 0.261 e. The van der Waals surface area contributed by atoms with Gasteiger partial charge in [0.05, 0.1) is 34.1 Å². The molecule has 1 atom stereocenters. The molecule has 0 aliphatic carbocycles. The molecule has 0 saturated carbocycles. The van der Waals surface area contributed by atoms with Gasteiger partial charge in [-0.15, -0.1) is 11.3 Å². The van der Waals surface area contributed by atoms with Crippen LogP contribution in [0.4, 0.5) is 0 Å². The molecule has 7 nitrogen and oxygen atoms in total. The molecule has 0 fully saturated rings. The molecule has 0 saturated heterocycles. The number of hydroxylamine groups is 1. The molecule has 2 aliphatic heterocycles. The molecule has 2 aromatic rings. The topological polar surface area (TPSA) is 75.2 Å². The highest BCUT2D eigenvalue weighted by Crippen LogP contribution is 2.30. The number of ether oxygens (including phenoxy) is 1. The monoisotopic (exact) mass is 460 g/mol. The zero-order valence-electron chi connectivity index (χ0n) is 17.6. The molecule has 1 aromatic heterocycles. The van der Waals surface area contributed by atoms with Crippen molar-refractivity contribution in [2.24, 2.45) is 4.99 Å². The molecule has 164 valence electrons. The summed E-state index contributed by atoms with van der Waals surface area (Å²) in [4.78, 5) is 25.2. The first-order valence-corrected chi connectivity index (χ1v) is 11.3. The van der Waals surface area contributed by atoms with Gasteiger partial charge in [0.1, 0.15) is 17.7 Å². The summed E-state index contributed by atoms with van der Waals surface area (Å²) in [6.45, 7) is 6.06. The van der Waals surface area contributed by atoms with Gasteiger partial charge in [0.15, 0.2) is 0 Å². The Morgan fingerprint density at radius 3 is 2.94 bits per heavy atom. The van der Waals surface area contributed by atoms with Crippen molar-refractivity contribution in [3.05, 3.63) is 56.7 Å². The molecule has 1 unspecified atom stereocenters. The van der Waals surface area contributed by atoms with E-state index in [9.17, 15) is 4.79 Å². The van der Waals surface area contributed by atoms with Crippen LogP contribution in [-0.2, 0) is 4.84 Å². The first kappa shape index (κ1) is 21.7. The van der Waals surface area contributed by atoms with Crippen LogP contribution in [0.25, 0.3) is 5.70 Å². The Bertz CT molecular complexity index is 1030. The molecule has 1 aromatic carbocycles. The zero-order chi connectivity index (χ0) is 22.0. The number of likely N-dealkylation sites (N-methyl/N-ethyl adjacent to an activating group) is 1. The van der Waals surface area contributed by atoms with Gasteiger partial charge in [-0.2, -0.15) is 0 Å². The second-order valence-electron chi connectivity index (χ2n) is 7.66. The Balaban J connectivity index is 1.49. The van der Waals surface area contributed by atoms with Crippen LogP contribution in [0.2, 0.25) is 4.34 Å². The molecule has 2 aliphatic rings. The summed E-state index contributed by atoms with van der Waals surface area (Å²) in [6, 6.07) is 9.50. The lowest BCUT2D eigenvalue weighted by Crippen LogP contribution is -2.31. The van der Waals surface area contributed by atoms with E-state index in [0.29, 0.717) is 15.8 Å². The number of thiophene rings is 1. The summed E-state index contributed by atoms with van der Waals surface area (Å²) in [6.07, 6.45) is 1.67. The molecule has 3 heterocycles. The number of nitrogens with zero attached hydrogens (tertiary/aromatic N) is 2. The van der Waals surface area contributed by atoms with Gasteiger partial charge in [-0.25, -0.2) is 0 Å². The van der Waals surface area contributed by atoms with Crippen molar-refractivity contribution in [3.8, 4) is 5.75 Å². The number of carbonyl (C=O) groups is 1. The maximum atomic E-state index is 12.2. The predicted molar refractivity (Wildman–Crippen MR) is 124 cm³/mol. The van der Waals surface area contributed by atoms with Crippen LogP contribution < -0.4 is 15.5 Å². The third kappa shape index (κ3) is 5.03. The average Bonchev–Trinajstić information content (AvgIpc) is 3.47. The lowest BCUT2D eigenvalue weighted by atomic mass is 10.1. The largest absolute Gasteiger partial charge is 0.490 e. The van der Waals surface area contributed by atoms with Crippen LogP contribution >= 0.6 is 22.9 Å². The van der Waals surface area contributed by atoms with Gasteiger partial charge in [0, 0.05) is 24.7 Å². The first-order valence-electron chi connectivity index (χ1n) is 10.1.